The van der Waals surface area contributed by atoms with Gasteiger partial charge < -0.3 is 16.2 Å². The molecule has 0 unspecified atom stereocenters. The van der Waals surface area contributed by atoms with Gasteiger partial charge in [0.05, 0.1) is 5.69 Å². The van der Waals surface area contributed by atoms with Crippen molar-refractivity contribution in [3.8, 4) is 0 Å². The Hall–Kier alpha value is -3.97. The van der Waals surface area contributed by atoms with Crippen LogP contribution < -0.4 is 16.0 Å². The molecule has 0 heterocycles. The van der Waals surface area contributed by atoms with Crippen LogP contribution in [0.4, 0.5) is 10.5 Å². The standard InChI is InChI=1S/C26H26N4O3/c27-23(14-18-6-2-1-3-7-18)30(25(32)33)22-12-10-19(11-13-22)17-29-24(31)26(28)15-20-8-4-5-9-21(20)16-26/h1-13,27H,14-17,28H2,(H,29,31)(H,32,33). The largest absolute Gasteiger partial charge is 0.464 e. The Morgan fingerprint density at radius 2 is 1.48 bits per heavy atom. The van der Waals surface area contributed by atoms with Crippen LogP contribution in [-0.2, 0) is 30.6 Å². The van der Waals surface area contributed by atoms with Gasteiger partial charge in [-0.25, -0.2) is 9.69 Å². The summed E-state index contributed by atoms with van der Waals surface area (Å²) in [5.41, 5.74) is 9.69. The number of nitrogens with one attached hydrogen (secondary N) is 2. The molecule has 0 aromatic heterocycles. The number of carbonyl (C=O) groups is 2. The van der Waals surface area contributed by atoms with Crippen LogP contribution in [0.1, 0.15) is 22.3 Å². The number of carbonyl (C=O) groups excluding carboxylic acids is 1. The first-order valence-electron chi connectivity index (χ1n) is 10.7. The number of carboxylic acid groups (broad SMARTS) is 1. The van der Waals surface area contributed by atoms with Crippen molar-refractivity contribution < 1.29 is 14.7 Å². The topological polar surface area (TPSA) is 120 Å². The third-order valence-electron chi connectivity index (χ3n) is 5.91. The maximum absolute atomic E-state index is 12.8. The van der Waals surface area contributed by atoms with Crippen molar-refractivity contribution in [2.24, 2.45) is 5.73 Å². The number of hydrogen-bond acceptors (Lipinski definition) is 4. The Morgan fingerprint density at radius 3 is 2.06 bits per heavy atom. The van der Waals surface area contributed by atoms with E-state index in [0.29, 0.717) is 18.5 Å². The lowest BCUT2D eigenvalue weighted by Gasteiger charge is -2.23. The summed E-state index contributed by atoms with van der Waals surface area (Å²) in [6, 6.07) is 23.9. The number of fused-ring (bicyclic) bond motifs is 1. The molecule has 33 heavy (non-hydrogen) atoms. The maximum atomic E-state index is 12.8. The second kappa shape index (κ2) is 9.26. The first kappa shape index (κ1) is 22.2. The van der Waals surface area contributed by atoms with Gasteiger partial charge in [0, 0.05) is 13.0 Å². The molecule has 2 amide bonds. The molecular formula is C26H26N4O3. The van der Waals surface area contributed by atoms with E-state index >= 15 is 0 Å². The highest BCUT2D eigenvalue weighted by Crippen LogP contribution is 2.28. The molecule has 0 bridgehead atoms. The number of amidine groups is 1. The average molecular weight is 443 g/mol. The quantitative estimate of drug-likeness (QED) is 0.345. The smallest absolute Gasteiger partial charge is 0.417 e. The number of nitrogens with two attached hydrogens (primary N) is 1. The molecule has 7 heteroatoms. The third-order valence-corrected chi connectivity index (χ3v) is 5.91. The summed E-state index contributed by atoms with van der Waals surface area (Å²) in [6.45, 7) is 0.281. The summed E-state index contributed by atoms with van der Waals surface area (Å²) in [5, 5.41) is 20.9. The average Bonchev–Trinajstić information content (AvgIpc) is 3.16. The highest BCUT2D eigenvalue weighted by molar-refractivity contribution is 6.13. The number of anilines is 1. The summed E-state index contributed by atoms with van der Waals surface area (Å²) in [4.78, 5) is 25.6. The van der Waals surface area contributed by atoms with Gasteiger partial charge in [0.2, 0.25) is 5.91 Å². The Bertz CT molecular complexity index is 1150. The molecule has 0 atom stereocenters. The van der Waals surface area contributed by atoms with Gasteiger partial charge in [-0.05, 0) is 47.2 Å². The number of amides is 2. The highest BCUT2D eigenvalue weighted by atomic mass is 16.4. The van der Waals surface area contributed by atoms with Crippen molar-refractivity contribution in [1.29, 1.82) is 5.41 Å². The fourth-order valence-corrected chi connectivity index (χ4v) is 4.18. The van der Waals surface area contributed by atoms with Gasteiger partial charge in [-0.3, -0.25) is 10.2 Å². The van der Waals surface area contributed by atoms with E-state index in [0.717, 1.165) is 27.2 Å². The summed E-state index contributed by atoms with van der Waals surface area (Å²) in [5.74, 6) is -0.250. The lowest BCUT2D eigenvalue weighted by Crippen LogP contribution is -2.54. The minimum atomic E-state index is -1.22. The van der Waals surface area contributed by atoms with Gasteiger partial charge >= 0.3 is 6.09 Å². The fourth-order valence-electron chi connectivity index (χ4n) is 4.18. The maximum Gasteiger partial charge on any atom is 0.417 e. The molecule has 5 N–H and O–H groups in total. The van der Waals surface area contributed by atoms with Crippen LogP contribution in [0.2, 0.25) is 0 Å². The van der Waals surface area contributed by atoms with Crippen molar-refractivity contribution in [2.75, 3.05) is 4.90 Å². The number of hydrogen-bond donors (Lipinski definition) is 4. The van der Waals surface area contributed by atoms with Crippen molar-refractivity contribution in [1.82, 2.24) is 5.32 Å². The van der Waals surface area contributed by atoms with Crippen molar-refractivity contribution in [3.63, 3.8) is 0 Å². The summed E-state index contributed by atoms with van der Waals surface area (Å²) in [7, 11) is 0. The molecule has 0 spiro atoms. The SMILES string of the molecule is N=C(Cc1ccccc1)N(C(=O)O)c1ccc(CNC(=O)C2(N)Cc3ccccc3C2)cc1. The molecule has 3 aromatic rings. The summed E-state index contributed by atoms with van der Waals surface area (Å²) >= 11 is 0. The third kappa shape index (κ3) is 4.94. The van der Waals surface area contributed by atoms with E-state index in [1.807, 2.05) is 54.6 Å². The van der Waals surface area contributed by atoms with Gasteiger partial charge in [0.15, 0.2) is 0 Å². The number of benzene rings is 3. The van der Waals surface area contributed by atoms with E-state index in [-0.39, 0.29) is 24.7 Å². The normalized spacial score (nSPS) is 13.7. The highest BCUT2D eigenvalue weighted by Gasteiger charge is 2.39. The van der Waals surface area contributed by atoms with Crippen LogP contribution in [-0.4, -0.2) is 28.5 Å². The predicted octanol–water partition coefficient (Wildman–Crippen LogP) is 3.50. The zero-order valence-electron chi connectivity index (χ0n) is 18.1. The van der Waals surface area contributed by atoms with Crippen LogP contribution in [0.5, 0.6) is 0 Å². The zero-order valence-corrected chi connectivity index (χ0v) is 18.1. The monoisotopic (exact) mass is 442 g/mol. The molecule has 0 fully saturated rings. The van der Waals surface area contributed by atoms with E-state index in [1.54, 1.807) is 24.3 Å². The second-order valence-corrected chi connectivity index (χ2v) is 8.35. The van der Waals surface area contributed by atoms with Crippen molar-refractivity contribution in [3.05, 3.63) is 101 Å². The summed E-state index contributed by atoms with van der Waals surface area (Å²) in [6.07, 6.45) is -0.00926. The van der Waals surface area contributed by atoms with Crippen molar-refractivity contribution in [2.45, 2.75) is 31.3 Å². The molecule has 1 aliphatic carbocycles. The van der Waals surface area contributed by atoms with E-state index in [2.05, 4.69) is 5.32 Å². The van der Waals surface area contributed by atoms with Gasteiger partial charge in [0.25, 0.3) is 0 Å². The second-order valence-electron chi connectivity index (χ2n) is 8.35. The van der Waals surface area contributed by atoms with Gasteiger partial charge in [0.1, 0.15) is 11.4 Å². The molecule has 7 nitrogen and oxygen atoms in total. The Labute approximate surface area is 192 Å². The molecule has 0 saturated carbocycles. The van der Waals surface area contributed by atoms with E-state index in [1.165, 1.54) is 0 Å². The first-order chi connectivity index (χ1) is 15.9. The van der Waals surface area contributed by atoms with Crippen LogP contribution in [0.25, 0.3) is 0 Å². The Balaban J connectivity index is 1.38. The Kier molecular flexibility index (Phi) is 6.24. The van der Waals surface area contributed by atoms with E-state index in [9.17, 15) is 14.7 Å². The minimum Gasteiger partial charge on any atom is -0.464 e. The van der Waals surface area contributed by atoms with Gasteiger partial charge in [-0.15, -0.1) is 0 Å². The molecule has 0 radical (unpaired) electrons. The van der Waals surface area contributed by atoms with Gasteiger partial charge in [-0.2, -0.15) is 0 Å². The number of nitrogens with zero attached hydrogens (tertiary/aromatic N) is 1. The predicted molar refractivity (Wildman–Crippen MR) is 127 cm³/mol. The number of rotatable bonds is 6. The van der Waals surface area contributed by atoms with Gasteiger partial charge in [-0.1, -0.05) is 66.7 Å². The molecule has 3 aromatic carbocycles. The van der Waals surface area contributed by atoms with Crippen LogP contribution in [0.3, 0.4) is 0 Å². The Morgan fingerprint density at radius 1 is 0.909 bits per heavy atom. The lowest BCUT2D eigenvalue weighted by atomic mass is 9.96. The molecule has 0 aliphatic heterocycles. The van der Waals surface area contributed by atoms with Crippen molar-refractivity contribution >= 4 is 23.5 Å². The first-order valence-corrected chi connectivity index (χ1v) is 10.7. The van der Waals surface area contributed by atoms with Crippen LogP contribution >= 0.6 is 0 Å². The fraction of sp³-hybridized carbons (Fsp3) is 0.192. The zero-order chi connectivity index (χ0) is 23.4. The van der Waals surface area contributed by atoms with Crippen LogP contribution in [0.15, 0.2) is 78.9 Å². The molecule has 4 rings (SSSR count). The van der Waals surface area contributed by atoms with Crippen LogP contribution in [0, 0.1) is 5.41 Å². The summed E-state index contributed by atoms with van der Waals surface area (Å²) < 4.78 is 0. The molecule has 168 valence electrons. The van der Waals surface area contributed by atoms with E-state index in [4.69, 9.17) is 11.1 Å². The molecular weight excluding hydrogens is 416 g/mol. The molecule has 1 aliphatic rings. The molecule has 0 saturated heterocycles. The van der Waals surface area contributed by atoms with E-state index < -0.39 is 11.6 Å². The lowest BCUT2D eigenvalue weighted by molar-refractivity contribution is -0.126. The minimum absolute atomic E-state index is 0.0411.